The van der Waals surface area contributed by atoms with Crippen molar-refractivity contribution in [3.05, 3.63) is 51.8 Å². The summed E-state index contributed by atoms with van der Waals surface area (Å²) in [6.45, 7) is 0. The predicted molar refractivity (Wildman–Crippen MR) is 86.0 cm³/mol. The number of rotatable bonds is 2. The molecule has 3 aromatic rings. The largest absolute Gasteiger partial charge is 0.399 e. The Morgan fingerprint density at radius 1 is 1.00 bits per heavy atom. The average molecular weight is 309 g/mol. The van der Waals surface area contributed by atoms with Gasteiger partial charge in [-0.3, -0.25) is 0 Å². The zero-order valence-corrected chi connectivity index (χ0v) is 12.1. The highest BCUT2D eigenvalue weighted by atomic mass is 35.5. The van der Waals surface area contributed by atoms with E-state index in [1.54, 1.807) is 23.5 Å². The van der Waals surface area contributed by atoms with Gasteiger partial charge in [-0.2, -0.15) is 0 Å². The van der Waals surface area contributed by atoms with Crippen molar-refractivity contribution in [1.82, 2.24) is 0 Å². The van der Waals surface area contributed by atoms with Crippen LogP contribution in [0.5, 0.6) is 0 Å². The predicted octanol–water partition coefficient (Wildman–Crippen LogP) is 5.53. The van der Waals surface area contributed by atoms with Crippen LogP contribution >= 0.6 is 34.5 Å². The van der Waals surface area contributed by atoms with E-state index in [2.05, 4.69) is 28.9 Å². The topological polar surface area (TPSA) is 38.0 Å². The lowest BCUT2D eigenvalue weighted by molar-refractivity contribution is 1.57. The molecule has 0 spiro atoms. The number of nitrogens with two attached hydrogens (primary N) is 1. The molecule has 0 aliphatic heterocycles. The van der Waals surface area contributed by atoms with Gasteiger partial charge in [0, 0.05) is 16.1 Å². The minimum atomic E-state index is 0.510. The van der Waals surface area contributed by atoms with Gasteiger partial charge >= 0.3 is 0 Å². The van der Waals surface area contributed by atoms with Crippen LogP contribution in [0.1, 0.15) is 0 Å². The molecular weight excluding hydrogens is 299 g/mol. The van der Waals surface area contributed by atoms with Crippen molar-refractivity contribution in [3.8, 4) is 0 Å². The first-order valence-corrected chi connectivity index (χ1v) is 7.26. The van der Waals surface area contributed by atoms with Crippen molar-refractivity contribution < 1.29 is 0 Å². The molecule has 0 amide bonds. The van der Waals surface area contributed by atoms with E-state index in [0.29, 0.717) is 21.4 Å². The number of benzene rings is 2. The molecule has 2 nitrogen and oxygen atoms in total. The van der Waals surface area contributed by atoms with Crippen molar-refractivity contribution in [2.75, 3.05) is 11.1 Å². The molecule has 0 aliphatic rings. The lowest BCUT2D eigenvalue weighted by Gasteiger charge is -2.11. The van der Waals surface area contributed by atoms with Crippen LogP contribution in [0, 0.1) is 0 Å². The van der Waals surface area contributed by atoms with E-state index in [4.69, 9.17) is 28.9 Å². The summed E-state index contributed by atoms with van der Waals surface area (Å²) in [5, 5.41) is 7.51. The highest BCUT2D eigenvalue weighted by molar-refractivity contribution is 7.17. The van der Waals surface area contributed by atoms with Gasteiger partial charge in [-0.05, 0) is 47.2 Å². The van der Waals surface area contributed by atoms with Crippen molar-refractivity contribution >= 4 is 61.7 Å². The fraction of sp³-hybridized carbons (Fsp3) is 0. The number of halogens is 2. The quantitative estimate of drug-likeness (QED) is 0.610. The molecule has 3 rings (SSSR count). The molecule has 0 saturated carbocycles. The monoisotopic (exact) mass is 308 g/mol. The summed E-state index contributed by atoms with van der Waals surface area (Å²) in [7, 11) is 0. The molecule has 2 aromatic carbocycles. The Bertz CT molecular complexity index is 729. The Labute approximate surface area is 124 Å². The van der Waals surface area contributed by atoms with Crippen LogP contribution < -0.4 is 11.1 Å². The summed E-state index contributed by atoms with van der Waals surface area (Å²) in [5.41, 5.74) is 7.85. The number of fused-ring (bicyclic) bond motifs is 1. The minimum absolute atomic E-state index is 0.510. The number of nitrogen functional groups attached to an aromatic ring is 1. The van der Waals surface area contributed by atoms with Crippen LogP contribution in [0.2, 0.25) is 10.0 Å². The van der Waals surface area contributed by atoms with Gasteiger partial charge in [-0.1, -0.05) is 23.2 Å². The summed E-state index contributed by atoms with van der Waals surface area (Å²) < 4.78 is 1.25. The molecule has 0 aliphatic carbocycles. The molecule has 19 heavy (non-hydrogen) atoms. The van der Waals surface area contributed by atoms with Crippen molar-refractivity contribution in [2.24, 2.45) is 0 Å². The van der Waals surface area contributed by atoms with E-state index in [1.807, 2.05) is 6.07 Å². The van der Waals surface area contributed by atoms with Crippen molar-refractivity contribution in [2.45, 2.75) is 0 Å². The SMILES string of the molecule is Nc1cc(Cl)c(Nc2ccc3sccc3c2)c(Cl)c1. The van der Waals surface area contributed by atoms with E-state index in [1.165, 1.54) is 10.1 Å². The second-order valence-corrected chi connectivity index (χ2v) is 5.92. The van der Waals surface area contributed by atoms with Gasteiger partial charge in [0.25, 0.3) is 0 Å². The standard InChI is InChI=1S/C14H10Cl2N2S/c15-11-6-9(17)7-12(16)14(11)18-10-1-2-13-8(5-10)3-4-19-13/h1-7,18H,17H2. The highest BCUT2D eigenvalue weighted by Gasteiger charge is 2.08. The fourth-order valence-corrected chi connectivity index (χ4v) is 3.27. The lowest BCUT2D eigenvalue weighted by Crippen LogP contribution is -1.94. The molecule has 96 valence electrons. The highest BCUT2D eigenvalue weighted by Crippen LogP contribution is 2.35. The van der Waals surface area contributed by atoms with Crippen LogP contribution in [-0.4, -0.2) is 0 Å². The van der Waals surface area contributed by atoms with Gasteiger partial charge in [0.15, 0.2) is 0 Å². The second kappa shape index (κ2) is 4.93. The summed E-state index contributed by atoms with van der Waals surface area (Å²) in [6.07, 6.45) is 0. The lowest BCUT2D eigenvalue weighted by atomic mass is 10.2. The van der Waals surface area contributed by atoms with Crippen LogP contribution in [0.25, 0.3) is 10.1 Å². The third-order valence-corrected chi connectivity index (χ3v) is 4.28. The molecule has 0 unspecified atom stereocenters. The summed E-state index contributed by atoms with van der Waals surface area (Å²) in [4.78, 5) is 0. The fourth-order valence-electron chi connectivity index (χ4n) is 1.90. The minimum Gasteiger partial charge on any atom is -0.399 e. The van der Waals surface area contributed by atoms with Gasteiger partial charge in [-0.15, -0.1) is 11.3 Å². The molecule has 0 radical (unpaired) electrons. The van der Waals surface area contributed by atoms with E-state index in [9.17, 15) is 0 Å². The molecule has 1 aromatic heterocycles. The number of nitrogens with one attached hydrogen (secondary N) is 1. The Morgan fingerprint density at radius 3 is 2.47 bits per heavy atom. The van der Waals surface area contributed by atoms with Crippen molar-refractivity contribution in [3.63, 3.8) is 0 Å². The molecule has 0 bridgehead atoms. The maximum atomic E-state index is 6.16. The normalized spacial score (nSPS) is 10.8. The second-order valence-electron chi connectivity index (χ2n) is 4.16. The zero-order valence-electron chi connectivity index (χ0n) is 9.78. The number of anilines is 3. The number of hydrogen-bond acceptors (Lipinski definition) is 3. The number of hydrogen-bond donors (Lipinski definition) is 2. The molecule has 1 heterocycles. The third-order valence-electron chi connectivity index (χ3n) is 2.79. The van der Waals surface area contributed by atoms with Crippen LogP contribution in [0.4, 0.5) is 17.1 Å². The average Bonchev–Trinajstić information content (AvgIpc) is 2.81. The van der Waals surface area contributed by atoms with E-state index < -0.39 is 0 Å². The van der Waals surface area contributed by atoms with Gasteiger partial charge < -0.3 is 11.1 Å². The van der Waals surface area contributed by atoms with Crippen LogP contribution in [0.3, 0.4) is 0 Å². The first-order chi connectivity index (χ1) is 9.13. The Kier molecular flexibility index (Phi) is 3.27. The van der Waals surface area contributed by atoms with Gasteiger partial charge in [0.05, 0.1) is 15.7 Å². The number of thiophene rings is 1. The van der Waals surface area contributed by atoms with E-state index in [0.717, 1.165) is 5.69 Å². The van der Waals surface area contributed by atoms with E-state index >= 15 is 0 Å². The zero-order chi connectivity index (χ0) is 13.4. The van der Waals surface area contributed by atoms with Crippen molar-refractivity contribution in [1.29, 1.82) is 0 Å². The Morgan fingerprint density at radius 2 is 1.74 bits per heavy atom. The van der Waals surface area contributed by atoms with Gasteiger partial charge in [0.1, 0.15) is 0 Å². The Hall–Kier alpha value is -1.42. The summed E-state index contributed by atoms with van der Waals surface area (Å²) in [6, 6.07) is 11.6. The maximum absolute atomic E-state index is 6.16. The molecule has 5 heteroatoms. The van der Waals surface area contributed by atoms with Gasteiger partial charge in [0.2, 0.25) is 0 Å². The van der Waals surface area contributed by atoms with Crippen LogP contribution in [-0.2, 0) is 0 Å². The van der Waals surface area contributed by atoms with Crippen LogP contribution in [0.15, 0.2) is 41.8 Å². The summed E-state index contributed by atoms with van der Waals surface area (Å²) in [5.74, 6) is 0. The van der Waals surface area contributed by atoms with Gasteiger partial charge in [-0.25, -0.2) is 0 Å². The Balaban J connectivity index is 2.00. The molecule has 0 saturated heterocycles. The molecule has 0 fully saturated rings. The first kappa shape index (κ1) is 12.6. The molecule has 3 N–H and O–H groups in total. The molecule has 0 atom stereocenters. The smallest absolute Gasteiger partial charge is 0.0764 e. The summed E-state index contributed by atoms with van der Waals surface area (Å²) >= 11 is 14.0. The first-order valence-electron chi connectivity index (χ1n) is 5.62. The third kappa shape index (κ3) is 2.50. The van der Waals surface area contributed by atoms with E-state index in [-0.39, 0.29) is 0 Å². The molecular formula is C14H10Cl2N2S. The maximum Gasteiger partial charge on any atom is 0.0764 e.